The Morgan fingerprint density at radius 3 is 1.55 bits per heavy atom. The van der Waals surface area contributed by atoms with Crippen LogP contribution in [0.3, 0.4) is 0 Å². The van der Waals surface area contributed by atoms with Crippen LogP contribution in [-0.2, 0) is 5.41 Å². The second-order valence-electron chi connectivity index (χ2n) is 15.3. The van der Waals surface area contributed by atoms with E-state index in [9.17, 15) is 0 Å². The van der Waals surface area contributed by atoms with Crippen molar-refractivity contribution in [1.29, 1.82) is 0 Å². The van der Waals surface area contributed by atoms with Gasteiger partial charge in [0.2, 0.25) is 0 Å². The lowest BCUT2D eigenvalue weighted by Gasteiger charge is -2.22. The first-order valence-electron chi connectivity index (χ1n) is 18.7. The van der Waals surface area contributed by atoms with E-state index in [-0.39, 0.29) is 5.41 Å². The minimum absolute atomic E-state index is 0.0152. The lowest BCUT2D eigenvalue weighted by Crippen LogP contribution is -2.14. The molecule has 0 heterocycles. The molecule has 0 radical (unpaired) electrons. The molecule has 0 bridgehead atoms. The summed E-state index contributed by atoms with van der Waals surface area (Å²) in [5.41, 5.74) is 20.8. The fourth-order valence-electron chi connectivity index (χ4n) is 9.30. The Bertz CT molecular complexity index is 2930. The molecule has 2 aliphatic carbocycles. The monoisotopic (exact) mass is 672 g/mol. The molecule has 0 atom stereocenters. The molecule has 0 nitrogen and oxygen atoms in total. The molecular weight excluding hydrogens is 637 g/mol. The normalized spacial score (nSPS) is 13.2. The minimum atomic E-state index is -0.0152. The van der Waals surface area contributed by atoms with Crippen LogP contribution in [0.1, 0.15) is 25.0 Å². The largest absolute Gasteiger partial charge is 0.0622 e. The van der Waals surface area contributed by atoms with Crippen LogP contribution in [0.5, 0.6) is 0 Å². The van der Waals surface area contributed by atoms with Gasteiger partial charge in [-0.3, -0.25) is 0 Å². The third-order valence-electron chi connectivity index (χ3n) is 12.0. The highest BCUT2D eigenvalue weighted by Gasteiger charge is 2.35. The Labute approximate surface area is 310 Å². The highest BCUT2D eigenvalue weighted by molar-refractivity contribution is 6.18. The van der Waals surface area contributed by atoms with Crippen LogP contribution in [-0.4, -0.2) is 0 Å². The van der Waals surface area contributed by atoms with Gasteiger partial charge in [-0.25, -0.2) is 0 Å². The molecule has 2 aliphatic rings. The van der Waals surface area contributed by atoms with Crippen molar-refractivity contribution >= 4 is 21.5 Å². The second-order valence-corrected chi connectivity index (χ2v) is 15.3. The Hall–Kier alpha value is -6.50. The van der Waals surface area contributed by atoms with Gasteiger partial charge in [-0.15, -0.1) is 0 Å². The van der Waals surface area contributed by atoms with Gasteiger partial charge in [0, 0.05) is 5.41 Å². The molecule has 0 aromatic heterocycles. The van der Waals surface area contributed by atoms with Crippen molar-refractivity contribution in [2.75, 3.05) is 0 Å². The predicted molar refractivity (Wildman–Crippen MR) is 225 cm³/mol. The van der Waals surface area contributed by atoms with Gasteiger partial charge in [-0.1, -0.05) is 159 Å². The van der Waals surface area contributed by atoms with Crippen LogP contribution < -0.4 is 0 Å². The molecular formula is C53H36. The molecule has 0 spiro atoms. The Balaban J connectivity index is 1.02. The van der Waals surface area contributed by atoms with E-state index < -0.39 is 0 Å². The summed E-state index contributed by atoms with van der Waals surface area (Å²) in [5, 5.41) is 5.16. The average molecular weight is 673 g/mol. The molecule has 248 valence electrons. The maximum absolute atomic E-state index is 2.42. The fraction of sp³-hybridized carbons (Fsp3) is 0.0566. The molecule has 0 heteroatoms. The summed E-state index contributed by atoms with van der Waals surface area (Å²) in [5.74, 6) is 0. The topological polar surface area (TPSA) is 0 Å². The summed E-state index contributed by atoms with van der Waals surface area (Å²) in [6.45, 7) is 4.71. The van der Waals surface area contributed by atoms with E-state index in [2.05, 4.69) is 196 Å². The quantitative estimate of drug-likeness (QED) is 0.175. The van der Waals surface area contributed by atoms with Gasteiger partial charge in [0.15, 0.2) is 0 Å². The highest BCUT2D eigenvalue weighted by Crippen LogP contribution is 2.51. The molecule has 0 aliphatic heterocycles. The first-order valence-corrected chi connectivity index (χ1v) is 18.7. The van der Waals surface area contributed by atoms with Crippen molar-refractivity contribution in [3.05, 3.63) is 193 Å². The Morgan fingerprint density at radius 1 is 0.283 bits per heavy atom. The molecule has 0 unspecified atom stereocenters. The van der Waals surface area contributed by atoms with E-state index in [4.69, 9.17) is 0 Å². The molecule has 0 saturated heterocycles. The lowest BCUT2D eigenvalue weighted by molar-refractivity contribution is 0.660. The van der Waals surface area contributed by atoms with Gasteiger partial charge in [-0.2, -0.15) is 0 Å². The summed E-state index contributed by atoms with van der Waals surface area (Å²) >= 11 is 0. The predicted octanol–water partition coefficient (Wildman–Crippen LogP) is 14.6. The maximum Gasteiger partial charge on any atom is 0.0159 e. The van der Waals surface area contributed by atoms with Crippen molar-refractivity contribution < 1.29 is 0 Å². The average Bonchev–Trinajstić information content (AvgIpc) is 3.66. The molecule has 0 fully saturated rings. The number of hydrogen-bond acceptors (Lipinski definition) is 0. The molecule has 0 N–H and O–H groups in total. The summed E-state index contributed by atoms with van der Waals surface area (Å²) in [6.07, 6.45) is 0. The van der Waals surface area contributed by atoms with Crippen LogP contribution in [0.25, 0.3) is 99.4 Å². The Kier molecular flexibility index (Phi) is 6.40. The highest BCUT2D eigenvalue weighted by atomic mass is 14.4. The van der Waals surface area contributed by atoms with Crippen LogP contribution in [0.2, 0.25) is 0 Å². The van der Waals surface area contributed by atoms with Crippen molar-refractivity contribution in [3.63, 3.8) is 0 Å². The zero-order valence-corrected chi connectivity index (χ0v) is 29.8. The summed E-state index contributed by atoms with van der Waals surface area (Å²) < 4.78 is 0. The summed E-state index contributed by atoms with van der Waals surface area (Å²) in [7, 11) is 0. The van der Waals surface area contributed by atoms with E-state index in [1.54, 1.807) is 0 Å². The van der Waals surface area contributed by atoms with E-state index >= 15 is 0 Å². The zero-order valence-electron chi connectivity index (χ0n) is 29.8. The third kappa shape index (κ3) is 4.55. The van der Waals surface area contributed by atoms with E-state index in [0.717, 1.165) is 0 Å². The van der Waals surface area contributed by atoms with Crippen LogP contribution in [0, 0.1) is 0 Å². The van der Waals surface area contributed by atoms with Crippen LogP contribution >= 0.6 is 0 Å². The van der Waals surface area contributed by atoms with Gasteiger partial charge in [0.05, 0.1) is 0 Å². The first-order chi connectivity index (χ1) is 26.0. The molecule has 11 rings (SSSR count). The van der Waals surface area contributed by atoms with Gasteiger partial charge in [0.1, 0.15) is 0 Å². The SMILES string of the molecule is CC1(C)c2ccccc2-c2ccc(-c3ccc4cc(-c5cc(-c6ccccc6)cc(-c6ccc7c8c(cccc68)-c6ccccc6-7)c5)ccc4c3)cc21. The van der Waals surface area contributed by atoms with Crippen molar-refractivity contribution in [2.45, 2.75) is 19.3 Å². The zero-order chi connectivity index (χ0) is 35.3. The van der Waals surface area contributed by atoms with Gasteiger partial charge >= 0.3 is 0 Å². The first kappa shape index (κ1) is 30.2. The van der Waals surface area contributed by atoms with E-state index in [0.29, 0.717) is 0 Å². The van der Waals surface area contributed by atoms with Crippen molar-refractivity contribution in [1.82, 2.24) is 0 Å². The van der Waals surface area contributed by atoms with Crippen molar-refractivity contribution in [2.24, 2.45) is 0 Å². The number of rotatable bonds is 4. The fourth-order valence-corrected chi connectivity index (χ4v) is 9.30. The maximum atomic E-state index is 2.42. The lowest BCUT2D eigenvalue weighted by atomic mass is 9.81. The van der Waals surface area contributed by atoms with Gasteiger partial charge < -0.3 is 0 Å². The molecule has 9 aromatic carbocycles. The van der Waals surface area contributed by atoms with Crippen molar-refractivity contribution in [3.8, 4) is 77.9 Å². The summed E-state index contributed by atoms with van der Waals surface area (Å²) in [6, 6.07) is 68.0. The number of fused-ring (bicyclic) bond motifs is 7. The third-order valence-corrected chi connectivity index (χ3v) is 12.0. The van der Waals surface area contributed by atoms with Gasteiger partial charge in [-0.05, 0) is 147 Å². The smallest absolute Gasteiger partial charge is 0.0159 e. The second kappa shape index (κ2) is 11.2. The molecule has 0 saturated carbocycles. The number of benzene rings is 9. The standard InChI is InChI=1S/C53H36/c1-53(2)50-18-9-8-15-45(50)46-24-23-38(32-51(46)53)36-20-19-35-28-37(22-21-34(35)27-36)40-29-39(33-11-4-3-5-12-33)30-41(31-40)42-25-26-49-44-14-7-6-13-43(44)48-17-10-16-47(42)52(48)49/h3-32H,1-2H3. The molecule has 0 amide bonds. The van der Waals surface area contributed by atoms with Crippen LogP contribution in [0.15, 0.2) is 182 Å². The van der Waals surface area contributed by atoms with Crippen LogP contribution in [0.4, 0.5) is 0 Å². The minimum Gasteiger partial charge on any atom is -0.0622 e. The van der Waals surface area contributed by atoms with E-state index in [1.807, 2.05) is 0 Å². The van der Waals surface area contributed by atoms with E-state index in [1.165, 1.54) is 111 Å². The number of hydrogen-bond donors (Lipinski definition) is 0. The molecule has 9 aromatic rings. The summed E-state index contributed by atoms with van der Waals surface area (Å²) in [4.78, 5) is 0. The van der Waals surface area contributed by atoms with Gasteiger partial charge in [0.25, 0.3) is 0 Å². The Morgan fingerprint density at radius 2 is 0.792 bits per heavy atom. The molecule has 53 heavy (non-hydrogen) atoms.